The van der Waals surface area contributed by atoms with Crippen LogP contribution in [-0.2, 0) is 28.5 Å². The second kappa shape index (κ2) is 18.1. The van der Waals surface area contributed by atoms with Gasteiger partial charge in [0.25, 0.3) is 0 Å². The van der Waals surface area contributed by atoms with E-state index in [1.54, 1.807) is 0 Å². The number of nitrogens with one attached hydrogen (secondary N) is 2. The van der Waals surface area contributed by atoms with Gasteiger partial charge in [-0.05, 0) is 0 Å². The molecular weight excluding hydrogens is 318 g/mol. The van der Waals surface area contributed by atoms with E-state index in [4.69, 9.17) is 24.7 Å². The van der Waals surface area contributed by atoms with Gasteiger partial charge in [0.2, 0.25) is 11.8 Å². The quantitative estimate of drug-likeness (QED) is 0.278. The van der Waals surface area contributed by atoms with Crippen LogP contribution in [0.2, 0.25) is 0 Å². The van der Waals surface area contributed by atoms with Crippen molar-refractivity contribution in [2.24, 2.45) is 5.73 Å². The molecule has 0 aromatic carbocycles. The molecule has 0 atom stereocenters. The summed E-state index contributed by atoms with van der Waals surface area (Å²) in [5.74, 6) is -0.149. The summed E-state index contributed by atoms with van der Waals surface area (Å²) >= 11 is 0. The lowest BCUT2D eigenvalue weighted by Gasteiger charge is -2.08. The van der Waals surface area contributed by atoms with Gasteiger partial charge in [-0.15, -0.1) is 0 Å². The lowest BCUT2D eigenvalue weighted by Crippen LogP contribution is -2.28. The van der Waals surface area contributed by atoms with Gasteiger partial charge in [0.15, 0.2) is 0 Å². The Labute approximate surface area is 143 Å². The fraction of sp³-hybridized carbons (Fsp3) is 0.867. The topological polar surface area (TPSA) is 121 Å². The van der Waals surface area contributed by atoms with Crippen molar-refractivity contribution in [3.8, 4) is 0 Å². The van der Waals surface area contributed by atoms with Crippen molar-refractivity contribution in [3.63, 3.8) is 0 Å². The highest BCUT2D eigenvalue weighted by atomic mass is 16.5. The Kier molecular flexibility index (Phi) is 17.1. The molecule has 0 aromatic heterocycles. The van der Waals surface area contributed by atoms with E-state index in [0.717, 1.165) is 0 Å². The van der Waals surface area contributed by atoms with E-state index in [9.17, 15) is 9.59 Å². The van der Waals surface area contributed by atoms with Gasteiger partial charge in [0.05, 0.1) is 52.9 Å². The van der Waals surface area contributed by atoms with Crippen LogP contribution >= 0.6 is 0 Å². The molecule has 0 bridgehead atoms. The van der Waals surface area contributed by atoms with Gasteiger partial charge in [-0.25, -0.2) is 0 Å². The smallest absolute Gasteiger partial charge is 0.222 e. The summed E-state index contributed by atoms with van der Waals surface area (Å²) in [6.45, 7) is 6.50. The van der Waals surface area contributed by atoms with Crippen molar-refractivity contribution in [2.75, 3.05) is 72.5 Å². The lowest BCUT2D eigenvalue weighted by molar-refractivity contribution is -0.122. The molecule has 0 radical (unpaired) electrons. The van der Waals surface area contributed by atoms with Gasteiger partial charge in [0, 0.05) is 33.0 Å². The Hall–Kier alpha value is -1.26. The Bertz CT molecular complexity index is 318. The number of nitrogens with two attached hydrogens (primary N) is 1. The van der Waals surface area contributed by atoms with E-state index in [2.05, 4.69) is 10.6 Å². The normalized spacial score (nSPS) is 10.6. The molecule has 24 heavy (non-hydrogen) atoms. The first-order valence-corrected chi connectivity index (χ1v) is 8.19. The van der Waals surface area contributed by atoms with Crippen molar-refractivity contribution >= 4 is 11.8 Å². The van der Waals surface area contributed by atoms with E-state index in [0.29, 0.717) is 78.9 Å². The molecule has 0 saturated carbocycles. The van der Waals surface area contributed by atoms with E-state index in [-0.39, 0.29) is 11.8 Å². The zero-order chi connectivity index (χ0) is 17.9. The highest BCUT2D eigenvalue weighted by molar-refractivity contribution is 5.75. The van der Waals surface area contributed by atoms with E-state index in [1.165, 1.54) is 6.92 Å². The van der Waals surface area contributed by atoms with Gasteiger partial charge in [-0.3, -0.25) is 9.59 Å². The molecule has 0 rings (SSSR count). The number of ether oxygens (including phenoxy) is 4. The standard InChI is InChI=1S/C15H31N3O6/c1-14(19)17-4-8-23-12-13-24-9-5-18-15(20)2-6-21-10-11-22-7-3-16/h2-13,16H2,1H3,(H,17,19)(H,18,20). The molecule has 0 saturated heterocycles. The summed E-state index contributed by atoms with van der Waals surface area (Å²) in [4.78, 5) is 22.1. The van der Waals surface area contributed by atoms with Gasteiger partial charge in [-0.1, -0.05) is 0 Å². The molecule has 0 aromatic rings. The summed E-state index contributed by atoms with van der Waals surface area (Å²) in [6.07, 6.45) is 0.309. The second-order valence-corrected chi connectivity index (χ2v) is 4.82. The number of hydrogen-bond acceptors (Lipinski definition) is 7. The number of amides is 2. The van der Waals surface area contributed by atoms with Crippen LogP contribution < -0.4 is 16.4 Å². The van der Waals surface area contributed by atoms with Crippen molar-refractivity contribution in [1.82, 2.24) is 10.6 Å². The third-order valence-electron chi connectivity index (χ3n) is 2.67. The first kappa shape index (κ1) is 22.7. The molecular formula is C15H31N3O6. The van der Waals surface area contributed by atoms with Crippen molar-refractivity contribution < 1.29 is 28.5 Å². The predicted molar refractivity (Wildman–Crippen MR) is 88.6 cm³/mol. The van der Waals surface area contributed by atoms with E-state index < -0.39 is 0 Å². The first-order valence-electron chi connectivity index (χ1n) is 8.19. The summed E-state index contributed by atoms with van der Waals surface area (Å²) in [6, 6.07) is 0. The van der Waals surface area contributed by atoms with Crippen molar-refractivity contribution in [2.45, 2.75) is 13.3 Å². The van der Waals surface area contributed by atoms with Crippen molar-refractivity contribution in [3.05, 3.63) is 0 Å². The van der Waals surface area contributed by atoms with Gasteiger partial charge in [-0.2, -0.15) is 0 Å². The lowest BCUT2D eigenvalue weighted by atomic mass is 10.4. The summed E-state index contributed by atoms with van der Waals surface area (Å²) in [7, 11) is 0. The molecule has 0 aliphatic heterocycles. The summed E-state index contributed by atoms with van der Waals surface area (Å²) in [5.41, 5.74) is 5.27. The molecule has 0 spiro atoms. The Balaban J connectivity index is 3.16. The van der Waals surface area contributed by atoms with Crippen LogP contribution in [0.4, 0.5) is 0 Å². The van der Waals surface area contributed by atoms with Crippen LogP contribution in [0.25, 0.3) is 0 Å². The monoisotopic (exact) mass is 349 g/mol. The molecule has 0 aliphatic rings. The number of carbonyl (C=O) groups excluding carboxylic acids is 2. The van der Waals surface area contributed by atoms with Crippen LogP contribution in [0.3, 0.4) is 0 Å². The first-order chi connectivity index (χ1) is 11.7. The predicted octanol–water partition coefficient (Wildman–Crippen LogP) is -1.35. The maximum absolute atomic E-state index is 11.5. The third-order valence-corrected chi connectivity index (χ3v) is 2.67. The highest BCUT2D eigenvalue weighted by Gasteiger charge is 2.00. The second-order valence-electron chi connectivity index (χ2n) is 4.82. The molecule has 0 fully saturated rings. The van der Waals surface area contributed by atoms with Crippen LogP contribution in [0.15, 0.2) is 0 Å². The Morgan fingerprint density at radius 1 is 0.750 bits per heavy atom. The maximum atomic E-state index is 11.5. The zero-order valence-electron chi connectivity index (χ0n) is 14.5. The zero-order valence-corrected chi connectivity index (χ0v) is 14.5. The summed E-state index contributed by atoms with van der Waals surface area (Å²) in [5, 5.41) is 5.37. The maximum Gasteiger partial charge on any atom is 0.222 e. The molecule has 2 amide bonds. The minimum absolute atomic E-state index is 0.0732. The van der Waals surface area contributed by atoms with Crippen LogP contribution in [0, 0.1) is 0 Å². The minimum atomic E-state index is -0.0759. The molecule has 142 valence electrons. The highest BCUT2D eigenvalue weighted by Crippen LogP contribution is 1.85. The summed E-state index contributed by atoms with van der Waals surface area (Å²) < 4.78 is 21.0. The van der Waals surface area contributed by atoms with Crippen LogP contribution in [0.5, 0.6) is 0 Å². The minimum Gasteiger partial charge on any atom is -0.379 e. The molecule has 9 heteroatoms. The molecule has 0 unspecified atom stereocenters. The number of hydrogen-bond donors (Lipinski definition) is 3. The average molecular weight is 349 g/mol. The number of carbonyl (C=O) groups is 2. The third kappa shape index (κ3) is 18.8. The SMILES string of the molecule is CC(=O)NCCOCCOCCNC(=O)CCOCCOCCN. The van der Waals surface area contributed by atoms with Gasteiger partial charge < -0.3 is 35.3 Å². The fourth-order valence-corrected chi connectivity index (χ4v) is 1.54. The van der Waals surface area contributed by atoms with E-state index in [1.807, 2.05) is 0 Å². The molecule has 0 heterocycles. The Morgan fingerprint density at radius 2 is 1.25 bits per heavy atom. The number of rotatable bonds is 17. The van der Waals surface area contributed by atoms with Gasteiger partial charge in [0.1, 0.15) is 0 Å². The fourth-order valence-electron chi connectivity index (χ4n) is 1.54. The van der Waals surface area contributed by atoms with Gasteiger partial charge >= 0.3 is 0 Å². The average Bonchev–Trinajstić information content (AvgIpc) is 2.55. The molecule has 4 N–H and O–H groups in total. The molecule has 0 aliphatic carbocycles. The van der Waals surface area contributed by atoms with Crippen LogP contribution in [-0.4, -0.2) is 84.3 Å². The van der Waals surface area contributed by atoms with E-state index >= 15 is 0 Å². The molecule has 9 nitrogen and oxygen atoms in total. The largest absolute Gasteiger partial charge is 0.379 e. The Morgan fingerprint density at radius 3 is 1.79 bits per heavy atom. The van der Waals surface area contributed by atoms with Crippen LogP contribution in [0.1, 0.15) is 13.3 Å². The van der Waals surface area contributed by atoms with Crippen molar-refractivity contribution in [1.29, 1.82) is 0 Å².